The van der Waals surface area contributed by atoms with Crippen molar-refractivity contribution < 1.29 is 31.8 Å². The molecule has 173 valence electrons. The number of aliphatic hydroxyl groups is 1. The third-order valence-corrected chi connectivity index (χ3v) is 3.19. The number of hydrogen-bond donors (Lipinski definition) is 8. The molecule has 0 spiro atoms. The van der Waals surface area contributed by atoms with Gasteiger partial charge >= 0.3 is 5.97 Å². The number of benzene rings is 2. The van der Waals surface area contributed by atoms with Gasteiger partial charge in [-0.1, -0.05) is 60.7 Å². The first-order chi connectivity index (χ1) is 13.9. The second-order valence-corrected chi connectivity index (χ2v) is 5.48. The minimum atomic E-state index is -2.00. The van der Waals surface area contributed by atoms with Crippen LogP contribution >= 0.6 is 0 Å². The maximum atomic E-state index is 11.4. The Kier molecular flexibility index (Phi) is 23.9. The van der Waals surface area contributed by atoms with Crippen LogP contribution < -0.4 is 34.4 Å². The van der Waals surface area contributed by atoms with E-state index in [9.17, 15) is 15.0 Å². The average Bonchev–Trinajstić information content (AvgIpc) is 2.80. The molecule has 2 rings (SSSR count). The molecule has 0 aromatic heterocycles. The molecule has 0 atom stereocenters. The van der Waals surface area contributed by atoms with Gasteiger partial charge in [0.25, 0.3) is 0 Å². The van der Waals surface area contributed by atoms with Crippen LogP contribution in [-0.2, 0) is 27.2 Å². The molecule has 30 heavy (non-hydrogen) atoms. The molecule has 0 aliphatic heterocycles. The normalized spacial score (nSPS) is 9.30. The fourth-order valence-corrected chi connectivity index (χ4v) is 1.77. The van der Waals surface area contributed by atoms with Crippen molar-refractivity contribution in [2.24, 2.45) is 34.4 Å². The van der Waals surface area contributed by atoms with Crippen molar-refractivity contribution in [1.29, 1.82) is 0 Å². The van der Waals surface area contributed by atoms with Gasteiger partial charge in [0.1, 0.15) is 0 Å². The molecule has 0 saturated carbocycles. The summed E-state index contributed by atoms with van der Waals surface area (Å²) in [7, 11) is 0. The van der Waals surface area contributed by atoms with Gasteiger partial charge in [0.05, 0.1) is 0 Å². The van der Waals surface area contributed by atoms with E-state index < -0.39 is 11.6 Å². The summed E-state index contributed by atoms with van der Waals surface area (Å²) in [6, 6.07) is 16.7. The van der Waals surface area contributed by atoms with Gasteiger partial charge in [-0.25, -0.2) is 4.79 Å². The molecule has 0 fully saturated rings. The summed E-state index contributed by atoms with van der Waals surface area (Å²) in [5, 5.41) is 19.7. The maximum absolute atomic E-state index is 11.4. The first-order valence-corrected chi connectivity index (χ1v) is 9.17. The van der Waals surface area contributed by atoms with E-state index in [1.54, 1.807) is 60.7 Å². The molecular formula is C20H36CoN6O3. The van der Waals surface area contributed by atoms with Gasteiger partial charge in [0.15, 0.2) is 0 Å². The monoisotopic (exact) mass is 467 g/mol. The van der Waals surface area contributed by atoms with Gasteiger partial charge in [0.2, 0.25) is 5.60 Å². The summed E-state index contributed by atoms with van der Waals surface area (Å²) in [4.78, 5) is 11.4. The van der Waals surface area contributed by atoms with Gasteiger partial charge in [-0.3, -0.25) is 0 Å². The smallest absolute Gasteiger partial charge is 0.345 e. The Morgan fingerprint density at radius 3 is 1.03 bits per heavy atom. The van der Waals surface area contributed by atoms with Crippen LogP contribution in [0, 0.1) is 0 Å². The van der Waals surface area contributed by atoms with Crippen LogP contribution in [0.2, 0.25) is 0 Å². The molecule has 10 heteroatoms. The second-order valence-electron chi connectivity index (χ2n) is 5.48. The van der Waals surface area contributed by atoms with E-state index in [-0.39, 0.29) is 16.8 Å². The molecule has 0 unspecified atom stereocenters. The Morgan fingerprint density at radius 1 is 0.633 bits per heavy atom. The Morgan fingerprint density at radius 2 is 0.867 bits per heavy atom. The minimum Gasteiger partial charge on any atom is -0.479 e. The average molecular weight is 467 g/mol. The van der Waals surface area contributed by atoms with Crippen LogP contribution in [0.15, 0.2) is 60.7 Å². The SMILES string of the molecule is NCCN.NCCN.NCCN.O=C(O)C(O)(c1ccccc1)c1ccccc1.[Co]. The number of carbonyl (C=O) groups is 1. The molecule has 0 aliphatic rings. The summed E-state index contributed by atoms with van der Waals surface area (Å²) in [6.45, 7) is 3.58. The van der Waals surface area contributed by atoms with Gasteiger partial charge in [-0.05, 0) is 11.1 Å². The summed E-state index contributed by atoms with van der Waals surface area (Å²) >= 11 is 0. The van der Waals surface area contributed by atoms with Gasteiger partial charge in [0, 0.05) is 56.0 Å². The van der Waals surface area contributed by atoms with Crippen molar-refractivity contribution in [2.75, 3.05) is 39.3 Å². The number of carboxylic acids is 1. The van der Waals surface area contributed by atoms with Crippen LogP contribution in [0.1, 0.15) is 11.1 Å². The predicted molar refractivity (Wildman–Crippen MR) is 118 cm³/mol. The van der Waals surface area contributed by atoms with Crippen molar-refractivity contribution in [3.8, 4) is 0 Å². The molecule has 1 radical (unpaired) electrons. The zero-order chi connectivity index (χ0) is 22.5. The molecule has 0 amide bonds. The van der Waals surface area contributed by atoms with Crippen molar-refractivity contribution in [3.05, 3.63) is 71.8 Å². The Balaban J connectivity index is -0.000000467. The summed E-state index contributed by atoms with van der Waals surface area (Å²) in [5.74, 6) is -1.28. The molecule has 0 aliphatic carbocycles. The number of carboxylic acid groups (broad SMARTS) is 1. The number of nitrogens with two attached hydrogens (primary N) is 6. The van der Waals surface area contributed by atoms with Crippen LogP contribution in [0.5, 0.6) is 0 Å². The number of aliphatic carboxylic acids is 1. The third-order valence-electron chi connectivity index (χ3n) is 3.19. The zero-order valence-corrected chi connectivity index (χ0v) is 18.2. The molecule has 0 saturated heterocycles. The van der Waals surface area contributed by atoms with E-state index in [0.717, 1.165) is 0 Å². The van der Waals surface area contributed by atoms with Crippen LogP contribution in [0.25, 0.3) is 0 Å². The van der Waals surface area contributed by atoms with E-state index in [1.807, 2.05) is 0 Å². The molecule has 9 nitrogen and oxygen atoms in total. The van der Waals surface area contributed by atoms with Crippen molar-refractivity contribution >= 4 is 5.97 Å². The van der Waals surface area contributed by atoms with Crippen LogP contribution in [0.3, 0.4) is 0 Å². The topological polar surface area (TPSA) is 214 Å². The largest absolute Gasteiger partial charge is 0.479 e. The van der Waals surface area contributed by atoms with Crippen LogP contribution in [-0.4, -0.2) is 55.5 Å². The van der Waals surface area contributed by atoms with Crippen LogP contribution in [0.4, 0.5) is 0 Å². The Labute approximate surface area is 189 Å². The predicted octanol–water partition coefficient (Wildman–Crippen LogP) is -1.28. The second kappa shape index (κ2) is 21.8. The van der Waals surface area contributed by atoms with Crippen molar-refractivity contribution in [1.82, 2.24) is 0 Å². The molecule has 0 heterocycles. The van der Waals surface area contributed by atoms with E-state index in [4.69, 9.17) is 34.4 Å². The first-order valence-electron chi connectivity index (χ1n) is 9.17. The first kappa shape index (κ1) is 32.8. The fourth-order valence-electron chi connectivity index (χ4n) is 1.77. The molecule has 2 aromatic carbocycles. The van der Waals surface area contributed by atoms with Crippen molar-refractivity contribution in [3.63, 3.8) is 0 Å². The van der Waals surface area contributed by atoms with Gasteiger partial charge < -0.3 is 44.6 Å². The third kappa shape index (κ3) is 13.4. The summed E-state index contributed by atoms with van der Waals surface area (Å²) < 4.78 is 0. The van der Waals surface area contributed by atoms with E-state index in [0.29, 0.717) is 50.4 Å². The standard InChI is InChI=1S/C14H12O3.3C2H8N2.Co/c15-13(16)14(17,11-7-3-1-4-8-11)12-9-5-2-6-10-12;3*3-1-2-4;/h1-10,17H,(H,15,16);3*1-4H2;. The van der Waals surface area contributed by atoms with Gasteiger partial charge in [-0.15, -0.1) is 0 Å². The maximum Gasteiger partial charge on any atom is 0.345 e. The number of rotatable bonds is 6. The molecular weight excluding hydrogens is 431 g/mol. The van der Waals surface area contributed by atoms with E-state index >= 15 is 0 Å². The molecule has 2 aromatic rings. The quantitative estimate of drug-likeness (QED) is 0.253. The Hall–Kier alpha value is -1.86. The summed E-state index contributed by atoms with van der Waals surface area (Å²) in [5.41, 5.74) is 28.1. The Bertz CT molecular complexity index is 565. The minimum absolute atomic E-state index is 0. The van der Waals surface area contributed by atoms with E-state index in [2.05, 4.69) is 0 Å². The van der Waals surface area contributed by atoms with E-state index in [1.165, 1.54) is 0 Å². The molecule has 0 bridgehead atoms. The van der Waals surface area contributed by atoms with Crippen molar-refractivity contribution in [2.45, 2.75) is 5.60 Å². The zero-order valence-electron chi connectivity index (χ0n) is 17.1. The van der Waals surface area contributed by atoms with Gasteiger partial charge in [-0.2, -0.15) is 0 Å². The number of hydrogen-bond acceptors (Lipinski definition) is 8. The fraction of sp³-hybridized carbons (Fsp3) is 0.350. The summed E-state index contributed by atoms with van der Waals surface area (Å²) in [6.07, 6.45) is 0. The molecule has 14 N–H and O–H groups in total.